The van der Waals surface area contributed by atoms with Gasteiger partial charge in [-0.05, 0) is 0 Å². The second kappa shape index (κ2) is 4.35. The van der Waals surface area contributed by atoms with Gasteiger partial charge in [-0.3, -0.25) is 0 Å². The third kappa shape index (κ3) is 2.81. The molecule has 0 aliphatic rings. The predicted molar refractivity (Wildman–Crippen MR) is 63.5 cm³/mol. The van der Waals surface area contributed by atoms with E-state index in [0.717, 1.165) is 0 Å². The fraction of sp³-hybridized carbons (Fsp3) is 1.00. The third-order valence-corrected chi connectivity index (χ3v) is 9.08. The zero-order chi connectivity index (χ0) is 12.0. The molecular weight excluding hydrogens is 576 g/mol. The molecule has 0 aromatic carbocycles. The minimum atomic E-state index is -5.03. The summed E-state index contributed by atoms with van der Waals surface area (Å²) in [6.07, 6.45) is -10.1. The van der Waals surface area contributed by atoms with Gasteiger partial charge in [-0.1, -0.05) is 77.0 Å². The monoisotopic (exact) mass is 574 g/mol. The third-order valence-electron chi connectivity index (χ3n) is 1.11. The molecule has 10 heteroatoms. The molecule has 0 aromatic heterocycles. The Hall–Kier alpha value is 2.00. The van der Waals surface area contributed by atoms with Gasteiger partial charge >= 0.3 is 12.4 Å². The summed E-state index contributed by atoms with van der Waals surface area (Å²) >= 11 is 5.43. The minimum absolute atomic E-state index is 0.668. The Labute approximate surface area is 119 Å². The SMILES string of the molecule is FC(F)(F)C(Br)(I)C(Br)(I)C(F)(F)F. The lowest BCUT2D eigenvalue weighted by Crippen LogP contribution is -2.54. The van der Waals surface area contributed by atoms with E-state index >= 15 is 0 Å². The fourth-order valence-corrected chi connectivity index (χ4v) is 1.42. The van der Waals surface area contributed by atoms with Crippen LogP contribution >= 0.6 is 77.0 Å². The Morgan fingerprint density at radius 1 is 0.643 bits per heavy atom. The van der Waals surface area contributed by atoms with Gasteiger partial charge < -0.3 is 0 Å². The van der Waals surface area contributed by atoms with Gasteiger partial charge in [-0.2, -0.15) is 26.3 Å². The summed E-state index contributed by atoms with van der Waals surface area (Å²) in [5, 5.41) is 0. The Bertz CT molecular complexity index is 195. The van der Waals surface area contributed by atoms with Crippen LogP contribution in [0.1, 0.15) is 0 Å². The van der Waals surface area contributed by atoms with E-state index in [1.807, 2.05) is 31.9 Å². The summed E-state index contributed by atoms with van der Waals surface area (Å²) in [4.78, 5) is 0. The van der Waals surface area contributed by atoms with Crippen molar-refractivity contribution in [2.24, 2.45) is 0 Å². The molecule has 0 saturated heterocycles. The highest BCUT2D eigenvalue weighted by Crippen LogP contribution is 2.63. The number of alkyl halides is 10. The summed E-state index contributed by atoms with van der Waals surface area (Å²) in [5.74, 6) is 0. The van der Waals surface area contributed by atoms with Crippen molar-refractivity contribution in [3.63, 3.8) is 0 Å². The van der Waals surface area contributed by atoms with Crippen molar-refractivity contribution in [3.05, 3.63) is 0 Å². The highest BCUT2D eigenvalue weighted by molar-refractivity contribution is 14.1. The average molecular weight is 576 g/mol. The van der Waals surface area contributed by atoms with E-state index in [0.29, 0.717) is 45.2 Å². The lowest BCUT2D eigenvalue weighted by Gasteiger charge is -2.37. The van der Waals surface area contributed by atoms with Crippen LogP contribution < -0.4 is 0 Å². The molecule has 0 radical (unpaired) electrons. The second-order valence-electron chi connectivity index (χ2n) is 2.14. The summed E-state index contributed by atoms with van der Waals surface area (Å²) in [5.41, 5.74) is 0. The molecule has 0 bridgehead atoms. The van der Waals surface area contributed by atoms with Crippen molar-refractivity contribution >= 4 is 77.0 Å². The fourth-order valence-electron chi connectivity index (χ4n) is 0.356. The molecule has 0 nitrogen and oxygen atoms in total. The summed E-state index contributed by atoms with van der Waals surface area (Å²) in [7, 11) is 0. The van der Waals surface area contributed by atoms with Crippen LogP contribution in [0.25, 0.3) is 0 Å². The predicted octanol–water partition coefficient (Wildman–Crippen LogP) is 5.16. The van der Waals surface area contributed by atoms with Crippen LogP contribution in [0, 0.1) is 0 Å². The van der Waals surface area contributed by atoms with Crippen LogP contribution in [0.4, 0.5) is 26.3 Å². The molecule has 0 amide bonds. The van der Waals surface area contributed by atoms with Crippen LogP contribution in [0.15, 0.2) is 0 Å². The van der Waals surface area contributed by atoms with Crippen molar-refractivity contribution in [1.29, 1.82) is 0 Å². The van der Waals surface area contributed by atoms with E-state index in [-0.39, 0.29) is 0 Å². The summed E-state index contributed by atoms with van der Waals surface area (Å²) in [6, 6.07) is 0. The number of rotatable bonds is 1. The van der Waals surface area contributed by atoms with Gasteiger partial charge in [0.1, 0.15) is 0 Å². The van der Waals surface area contributed by atoms with Crippen molar-refractivity contribution in [1.82, 2.24) is 0 Å². The van der Waals surface area contributed by atoms with Gasteiger partial charge in [0.05, 0.1) is 0 Å². The zero-order valence-corrected chi connectivity index (χ0v) is 13.3. The van der Waals surface area contributed by atoms with Gasteiger partial charge in [0.2, 0.25) is 4.66 Å². The first-order valence-electron chi connectivity index (χ1n) is 2.64. The highest BCUT2D eigenvalue weighted by Gasteiger charge is 2.72. The Kier molecular flexibility index (Phi) is 4.97. The average Bonchev–Trinajstić information content (AvgIpc) is 1.81. The molecule has 0 fully saturated rings. The van der Waals surface area contributed by atoms with Crippen LogP contribution in [-0.4, -0.2) is 17.0 Å². The van der Waals surface area contributed by atoms with Crippen LogP contribution in [0.5, 0.6) is 0 Å². The van der Waals surface area contributed by atoms with Gasteiger partial charge in [0.15, 0.2) is 0 Å². The maximum atomic E-state index is 12.3. The molecule has 0 N–H and O–H groups in total. The van der Waals surface area contributed by atoms with E-state index in [1.165, 1.54) is 0 Å². The number of hydrogen-bond acceptors (Lipinski definition) is 0. The van der Waals surface area contributed by atoms with E-state index in [9.17, 15) is 26.3 Å². The summed E-state index contributed by atoms with van der Waals surface area (Å²) in [6.45, 7) is 0. The number of hydrogen-bond donors (Lipinski definition) is 0. The summed E-state index contributed by atoms with van der Waals surface area (Å²) < 4.78 is 67.4. The molecule has 0 heterocycles. The van der Waals surface area contributed by atoms with E-state index in [4.69, 9.17) is 0 Å². The lowest BCUT2D eigenvalue weighted by molar-refractivity contribution is -0.178. The topological polar surface area (TPSA) is 0 Å². The van der Waals surface area contributed by atoms with Gasteiger partial charge in [0, 0.05) is 0 Å². The minimum Gasteiger partial charge on any atom is -0.168 e. The number of halogens is 10. The molecule has 86 valence electrons. The molecule has 2 unspecified atom stereocenters. The van der Waals surface area contributed by atoms with E-state index < -0.39 is 17.0 Å². The zero-order valence-electron chi connectivity index (χ0n) is 5.78. The quantitative estimate of drug-likeness (QED) is 0.230. The van der Waals surface area contributed by atoms with Gasteiger partial charge in [-0.25, -0.2) is 0 Å². The standard InChI is InChI=1S/C4Br2F6I2/c5-1(13,3(7,8)9)2(6,14)4(10,11)12. The molecular formula is C4Br2F6I2. The van der Waals surface area contributed by atoms with Crippen LogP contribution in [0.2, 0.25) is 0 Å². The maximum Gasteiger partial charge on any atom is 0.415 e. The largest absolute Gasteiger partial charge is 0.415 e. The lowest BCUT2D eigenvalue weighted by atomic mass is 10.3. The van der Waals surface area contributed by atoms with Crippen molar-refractivity contribution in [3.8, 4) is 0 Å². The first kappa shape index (κ1) is 16.0. The first-order chi connectivity index (χ1) is 5.75. The smallest absolute Gasteiger partial charge is 0.168 e. The Balaban J connectivity index is 5.30. The van der Waals surface area contributed by atoms with Crippen LogP contribution in [0.3, 0.4) is 0 Å². The van der Waals surface area contributed by atoms with Crippen LogP contribution in [-0.2, 0) is 0 Å². The Morgan fingerprint density at radius 3 is 0.857 bits per heavy atom. The molecule has 0 aromatic rings. The molecule has 0 saturated carbocycles. The molecule has 0 aliphatic heterocycles. The maximum absolute atomic E-state index is 12.3. The van der Waals surface area contributed by atoms with Gasteiger partial charge in [0.25, 0.3) is 0 Å². The first-order valence-corrected chi connectivity index (χ1v) is 6.38. The normalized spacial score (nSPS) is 22.7. The highest BCUT2D eigenvalue weighted by atomic mass is 127. The molecule has 0 rings (SSSR count). The second-order valence-corrected chi connectivity index (χ2v) is 10.7. The molecule has 0 spiro atoms. The van der Waals surface area contributed by atoms with E-state index in [1.54, 1.807) is 0 Å². The van der Waals surface area contributed by atoms with Crippen molar-refractivity contribution < 1.29 is 26.3 Å². The van der Waals surface area contributed by atoms with E-state index in [2.05, 4.69) is 0 Å². The van der Waals surface area contributed by atoms with Gasteiger partial charge in [-0.15, -0.1) is 0 Å². The molecule has 2 atom stereocenters. The van der Waals surface area contributed by atoms with Crippen molar-refractivity contribution in [2.45, 2.75) is 17.0 Å². The van der Waals surface area contributed by atoms with Crippen molar-refractivity contribution in [2.75, 3.05) is 0 Å². The molecule has 0 aliphatic carbocycles. The molecule has 14 heavy (non-hydrogen) atoms. The Morgan fingerprint density at radius 2 is 0.786 bits per heavy atom.